The zero-order valence-electron chi connectivity index (χ0n) is 20.0. The highest BCUT2D eigenvalue weighted by Gasteiger charge is 2.32. The summed E-state index contributed by atoms with van der Waals surface area (Å²) >= 11 is 0. The van der Waals surface area contributed by atoms with Gasteiger partial charge in [-0.3, -0.25) is 14.4 Å². The molecule has 7 heteroatoms. The van der Waals surface area contributed by atoms with Crippen LogP contribution in [0.1, 0.15) is 60.9 Å². The summed E-state index contributed by atoms with van der Waals surface area (Å²) in [4.78, 5) is 40.1. The van der Waals surface area contributed by atoms with E-state index in [2.05, 4.69) is 10.6 Å². The van der Waals surface area contributed by atoms with Crippen molar-refractivity contribution in [3.63, 3.8) is 0 Å². The third kappa shape index (κ3) is 6.90. The maximum absolute atomic E-state index is 13.2. The number of likely N-dealkylation sites (tertiary alicyclic amines) is 1. The molecule has 186 valence electrons. The van der Waals surface area contributed by atoms with Gasteiger partial charge in [0.05, 0.1) is 0 Å². The molecule has 0 radical (unpaired) electrons. The van der Waals surface area contributed by atoms with E-state index in [0.717, 1.165) is 37.7 Å². The van der Waals surface area contributed by atoms with Gasteiger partial charge in [0.2, 0.25) is 11.8 Å². The van der Waals surface area contributed by atoms with Crippen LogP contribution in [0, 0.1) is 11.7 Å². The lowest BCUT2D eigenvalue weighted by molar-refractivity contribution is -0.135. The molecule has 1 saturated carbocycles. The lowest BCUT2D eigenvalue weighted by atomic mass is 9.88. The fourth-order valence-electron chi connectivity index (χ4n) is 5.08. The largest absolute Gasteiger partial charge is 0.351 e. The average molecular weight is 480 g/mol. The normalized spacial score (nSPS) is 20.8. The molecule has 2 aliphatic rings. The van der Waals surface area contributed by atoms with Crippen LogP contribution in [0.15, 0.2) is 54.6 Å². The predicted octanol–water partition coefficient (Wildman–Crippen LogP) is 3.85. The number of nitrogens with one attached hydrogen (secondary N) is 2. The number of hydrogen-bond acceptors (Lipinski definition) is 3. The van der Waals surface area contributed by atoms with E-state index in [1.54, 1.807) is 0 Å². The quantitative estimate of drug-likeness (QED) is 0.633. The molecule has 0 bridgehead atoms. The maximum atomic E-state index is 13.2. The Kier molecular flexibility index (Phi) is 8.50. The number of carbonyl (C=O) groups is 3. The van der Waals surface area contributed by atoms with Crippen molar-refractivity contribution in [3.8, 4) is 0 Å². The van der Waals surface area contributed by atoms with Crippen molar-refractivity contribution in [2.75, 3.05) is 13.1 Å². The number of aryl methyl sites for hydroxylation is 1. The van der Waals surface area contributed by atoms with Crippen LogP contribution in [-0.4, -0.2) is 47.8 Å². The van der Waals surface area contributed by atoms with Crippen molar-refractivity contribution in [2.24, 2.45) is 5.92 Å². The summed E-state index contributed by atoms with van der Waals surface area (Å²) in [5.74, 6) is -0.604. The second-order valence-electron chi connectivity index (χ2n) is 9.63. The summed E-state index contributed by atoms with van der Waals surface area (Å²) < 4.78 is 13.2. The Labute approximate surface area is 206 Å². The van der Waals surface area contributed by atoms with E-state index in [9.17, 15) is 18.8 Å². The average Bonchev–Trinajstić information content (AvgIpc) is 2.89. The number of piperidine rings is 1. The molecular formula is C28H34FN3O3. The summed E-state index contributed by atoms with van der Waals surface area (Å²) in [6.07, 6.45) is 6.13. The van der Waals surface area contributed by atoms with Crippen molar-refractivity contribution in [2.45, 2.75) is 63.5 Å². The molecule has 3 amide bonds. The van der Waals surface area contributed by atoms with Crippen LogP contribution >= 0.6 is 0 Å². The molecule has 2 aromatic rings. The van der Waals surface area contributed by atoms with Gasteiger partial charge in [-0.15, -0.1) is 0 Å². The first kappa shape index (κ1) is 24.9. The molecule has 4 rings (SSSR count). The van der Waals surface area contributed by atoms with Gasteiger partial charge in [-0.05, 0) is 61.9 Å². The number of halogens is 1. The van der Waals surface area contributed by atoms with Gasteiger partial charge in [0, 0.05) is 43.1 Å². The third-order valence-electron chi connectivity index (χ3n) is 7.21. The first-order valence-electron chi connectivity index (χ1n) is 12.7. The van der Waals surface area contributed by atoms with Crippen LogP contribution in [0.5, 0.6) is 0 Å². The minimum Gasteiger partial charge on any atom is -0.351 e. The van der Waals surface area contributed by atoms with Gasteiger partial charge >= 0.3 is 0 Å². The lowest BCUT2D eigenvalue weighted by Gasteiger charge is -2.36. The van der Waals surface area contributed by atoms with E-state index in [4.69, 9.17) is 0 Å². The Morgan fingerprint density at radius 1 is 0.829 bits per heavy atom. The molecule has 1 saturated heterocycles. The topological polar surface area (TPSA) is 78.5 Å². The lowest BCUT2D eigenvalue weighted by Crippen LogP contribution is -2.55. The molecule has 0 aromatic heterocycles. The first-order chi connectivity index (χ1) is 17.0. The Balaban J connectivity index is 1.24. The van der Waals surface area contributed by atoms with Crippen molar-refractivity contribution < 1.29 is 18.8 Å². The molecule has 1 unspecified atom stereocenters. The van der Waals surface area contributed by atoms with Gasteiger partial charge in [0.25, 0.3) is 5.91 Å². The van der Waals surface area contributed by atoms with E-state index < -0.39 is 0 Å². The first-order valence-corrected chi connectivity index (χ1v) is 12.7. The van der Waals surface area contributed by atoms with Gasteiger partial charge in [-0.2, -0.15) is 0 Å². The second-order valence-corrected chi connectivity index (χ2v) is 9.63. The molecule has 6 nitrogen and oxygen atoms in total. The minimum absolute atomic E-state index is 0.00863. The van der Waals surface area contributed by atoms with Gasteiger partial charge in [-0.25, -0.2) is 4.39 Å². The van der Waals surface area contributed by atoms with Crippen LogP contribution in [0.3, 0.4) is 0 Å². The van der Waals surface area contributed by atoms with Crippen LogP contribution in [0.4, 0.5) is 4.39 Å². The maximum Gasteiger partial charge on any atom is 0.251 e. The number of benzene rings is 2. The fourth-order valence-corrected chi connectivity index (χ4v) is 5.08. The number of nitrogens with zero attached hydrogens (tertiary/aromatic N) is 1. The Hall–Kier alpha value is -3.22. The highest BCUT2D eigenvalue weighted by molar-refractivity contribution is 5.94. The van der Waals surface area contributed by atoms with E-state index in [0.29, 0.717) is 37.9 Å². The molecule has 1 aliphatic heterocycles. The number of amides is 3. The third-order valence-corrected chi connectivity index (χ3v) is 7.21. The Morgan fingerprint density at radius 3 is 2.11 bits per heavy atom. The van der Waals surface area contributed by atoms with E-state index in [1.807, 2.05) is 35.2 Å². The van der Waals surface area contributed by atoms with Gasteiger partial charge < -0.3 is 15.5 Å². The zero-order valence-corrected chi connectivity index (χ0v) is 20.0. The molecule has 1 heterocycles. The highest BCUT2D eigenvalue weighted by atomic mass is 19.1. The second kappa shape index (κ2) is 12.0. The SMILES string of the molecule is O=C(N[C@@H]1CCCCC1NC(=O)C1CCN(C(=O)CCc2ccccc2)CC1)c1ccc(F)cc1. The van der Waals surface area contributed by atoms with E-state index >= 15 is 0 Å². The molecule has 35 heavy (non-hydrogen) atoms. The Bertz CT molecular complexity index is 1000. The molecule has 0 spiro atoms. The molecular weight excluding hydrogens is 445 g/mol. The monoisotopic (exact) mass is 479 g/mol. The van der Waals surface area contributed by atoms with Crippen LogP contribution in [0.2, 0.25) is 0 Å². The van der Waals surface area contributed by atoms with Crippen molar-refractivity contribution >= 4 is 17.7 Å². The van der Waals surface area contributed by atoms with E-state index in [-0.39, 0.29) is 41.5 Å². The zero-order chi connectivity index (χ0) is 24.6. The fraction of sp³-hybridized carbons (Fsp3) is 0.464. The number of carbonyl (C=O) groups excluding carboxylic acids is 3. The minimum atomic E-state index is -0.381. The molecule has 2 atom stereocenters. The van der Waals surface area contributed by atoms with Crippen LogP contribution in [0.25, 0.3) is 0 Å². The standard InChI is InChI=1S/C28H34FN3O3/c29-23-13-11-21(12-14-23)27(34)30-24-8-4-5-9-25(24)31-28(35)22-16-18-32(19-17-22)26(33)15-10-20-6-2-1-3-7-20/h1-3,6-7,11-14,22,24-25H,4-5,8-10,15-19H2,(H,30,34)(H,31,35)/t24-,25?/m1/s1. The highest BCUT2D eigenvalue weighted by Crippen LogP contribution is 2.23. The molecule has 2 aromatic carbocycles. The van der Waals surface area contributed by atoms with Gasteiger partial charge in [0.15, 0.2) is 0 Å². The molecule has 2 N–H and O–H groups in total. The van der Waals surface area contributed by atoms with Crippen LogP contribution in [-0.2, 0) is 16.0 Å². The van der Waals surface area contributed by atoms with E-state index in [1.165, 1.54) is 24.3 Å². The summed E-state index contributed by atoms with van der Waals surface area (Å²) in [6, 6.07) is 15.2. The molecule has 2 fully saturated rings. The van der Waals surface area contributed by atoms with Crippen molar-refractivity contribution in [1.82, 2.24) is 15.5 Å². The summed E-state index contributed by atoms with van der Waals surface area (Å²) in [7, 11) is 0. The number of rotatable bonds is 7. The summed E-state index contributed by atoms with van der Waals surface area (Å²) in [5.41, 5.74) is 1.56. The van der Waals surface area contributed by atoms with Gasteiger partial charge in [-0.1, -0.05) is 43.2 Å². The molecule has 1 aliphatic carbocycles. The smallest absolute Gasteiger partial charge is 0.251 e. The van der Waals surface area contributed by atoms with Crippen molar-refractivity contribution in [1.29, 1.82) is 0 Å². The number of hydrogen-bond donors (Lipinski definition) is 2. The van der Waals surface area contributed by atoms with Crippen molar-refractivity contribution in [3.05, 3.63) is 71.5 Å². The summed E-state index contributed by atoms with van der Waals surface area (Å²) in [5, 5.41) is 6.21. The summed E-state index contributed by atoms with van der Waals surface area (Å²) in [6.45, 7) is 1.20. The van der Waals surface area contributed by atoms with Crippen LogP contribution < -0.4 is 10.6 Å². The predicted molar refractivity (Wildman–Crippen MR) is 132 cm³/mol. The van der Waals surface area contributed by atoms with Gasteiger partial charge in [0.1, 0.15) is 5.82 Å². The Morgan fingerprint density at radius 2 is 1.46 bits per heavy atom.